The van der Waals surface area contributed by atoms with Crippen LogP contribution in [-0.2, 0) is 11.3 Å². The molecule has 0 aliphatic heterocycles. The van der Waals surface area contributed by atoms with Crippen molar-refractivity contribution in [1.82, 2.24) is 15.1 Å². The van der Waals surface area contributed by atoms with Gasteiger partial charge in [-0.05, 0) is 18.8 Å². The van der Waals surface area contributed by atoms with E-state index >= 15 is 0 Å². The number of hydrogen-bond donors (Lipinski definition) is 2. The number of aromatic nitrogens is 2. The van der Waals surface area contributed by atoms with Crippen LogP contribution in [0.2, 0.25) is 0 Å². The van der Waals surface area contributed by atoms with Gasteiger partial charge in [-0.25, -0.2) is 0 Å². The molecule has 100 valence electrons. The Morgan fingerprint density at radius 1 is 1.44 bits per heavy atom. The molecule has 0 bridgehead atoms. The lowest BCUT2D eigenvalue weighted by Crippen LogP contribution is -2.29. The van der Waals surface area contributed by atoms with E-state index in [-0.39, 0.29) is 5.91 Å². The molecular weight excluding hydrogens is 228 g/mol. The third kappa shape index (κ3) is 4.05. The van der Waals surface area contributed by atoms with Crippen LogP contribution in [0.25, 0.3) is 0 Å². The Hall–Kier alpha value is -1.52. The van der Waals surface area contributed by atoms with Crippen LogP contribution in [0, 0.1) is 5.92 Å². The highest BCUT2D eigenvalue weighted by Crippen LogP contribution is 2.25. The topological polar surface area (TPSA) is 72.9 Å². The molecule has 0 aromatic carbocycles. The van der Waals surface area contributed by atoms with Crippen LogP contribution in [0.4, 0.5) is 5.69 Å². The van der Waals surface area contributed by atoms with E-state index in [0.29, 0.717) is 31.1 Å². The average Bonchev–Trinajstić information content (AvgIpc) is 2.76. The van der Waals surface area contributed by atoms with Crippen molar-refractivity contribution in [2.45, 2.75) is 45.1 Å². The SMILES string of the molecule is Nc1cnn(CCNC(=O)CC2CCCCC2)c1. The second-order valence-corrected chi connectivity index (χ2v) is 5.09. The van der Waals surface area contributed by atoms with Crippen LogP contribution in [0.15, 0.2) is 12.4 Å². The predicted octanol–water partition coefficient (Wildman–Crippen LogP) is 1.55. The third-order valence-electron chi connectivity index (χ3n) is 3.52. The molecule has 1 saturated carbocycles. The lowest BCUT2D eigenvalue weighted by Gasteiger charge is -2.20. The van der Waals surface area contributed by atoms with Crippen LogP contribution < -0.4 is 11.1 Å². The summed E-state index contributed by atoms with van der Waals surface area (Å²) in [6.45, 7) is 1.29. The van der Waals surface area contributed by atoms with E-state index < -0.39 is 0 Å². The Kier molecular flexibility index (Phi) is 4.61. The second kappa shape index (κ2) is 6.42. The summed E-state index contributed by atoms with van der Waals surface area (Å²) in [5, 5.41) is 7.02. The van der Waals surface area contributed by atoms with Gasteiger partial charge >= 0.3 is 0 Å². The highest BCUT2D eigenvalue weighted by Gasteiger charge is 2.16. The highest BCUT2D eigenvalue weighted by atomic mass is 16.1. The summed E-state index contributed by atoms with van der Waals surface area (Å²) in [4.78, 5) is 11.7. The molecule has 2 rings (SSSR count). The van der Waals surface area contributed by atoms with E-state index in [1.807, 2.05) is 0 Å². The highest BCUT2D eigenvalue weighted by molar-refractivity contribution is 5.76. The maximum absolute atomic E-state index is 11.7. The Morgan fingerprint density at radius 3 is 2.89 bits per heavy atom. The van der Waals surface area contributed by atoms with E-state index in [4.69, 9.17) is 5.73 Å². The minimum absolute atomic E-state index is 0.169. The maximum atomic E-state index is 11.7. The lowest BCUT2D eigenvalue weighted by atomic mass is 9.87. The van der Waals surface area contributed by atoms with Gasteiger partial charge in [-0.3, -0.25) is 9.48 Å². The van der Waals surface area contributed by atoms with Gasteiger partial charge in [0.25, 0.3) is 0 Å². The van der Waals surface area contributed by atoms with E-state index in [2.05, 4.69) is 10.4 Å². The second-order valence-electron chi connectivity index (χ2n) is 5.09. The van der Waals surface area contributed by atoms with E-state index in [1.165, 1.54) is 32.1 Å². The first-order valence-electron chi connectivity index (χ1n) is 6.78. The number of nitrogens with two attached hydrogens (primary N) is 1. The van der Waals surface area contributed by atoms with Crippen molar-refractivity contribution in [2.75, 3.05) is 12.3 Å². The molecule has 5 heteroatoms. The fourth-order valence-corrected chi connectivity index (χ4v) is 2.54. The zero-order chi connectivity index (χ0) is 12.8. The van der Waals surface area contributed by atoms with Crippen LogP contribution in [0.5, 0.6) is 0 Å². The molecule has 1 aromatic rings. The number of carbonyl (C=O) groups excluding carboxylic acids is 1. The summed E-state index contributed by atoms with van der Waals surface area (Å²) in [5.74, 6) is 0.765. The fraction of sp³-hybridized carbons (Fsp3) is 0.692. The van der Waals surface area contributed by atoms with Crippen molar-refractivity contribution in [1.29, 1.82) is 0 Å². The summed E-state index contributed by atoms with van der Waals surface area (Å²) in [6, 6.07) is 0. The van der Waals surface area contributed by atoms with Crippen molar-refractivity contribution < 1.29 is 4.79 Å². The Bertz CT molecular complexity index is 382. The van der Waals surface area contributed by atoms with Crippen molar-refractivity contribution >= 4 is 11.6 Å². The van der Waals surface area contributed by atoms with Crippen LogP contribution in [-0.4, -0.2) is 22.2 Å². The minimum atomic E-state index is 0.169. The zero-order valence-electron chi connectivity index (χ0n) is 10.8. The summed E-state index contributed by atoms with van der Waals surface area (Å²) in [5.41, 5.74) is 6.22. The third-order valence-corrected chi connectivity index (χ3v) is 3.52. The van der Waals surface area contributed by atoms with Crippen LogP contribution in [0.3, 0.4) is 0 Å². The molecule has 18 heavy (non-hydrogen) atoms. The number of nitrogens with zero attached hydrogens (tertiary/aromatic N) is 2. The van der Waals surface area contributed by atoms with Crippen molar-refractivity contribution in [3.05, 3.63) is 12.4 Å². The molecule has 1 heterocycles. The Labute approximate surface area is 108 Å². The van der Waals surface area contributed by atoms with Gasteiger partial charge in [0.05, 0.1) is 18.4 Å². The van der Waals surface area contributed by atoms with E-state index in [1.54, 1.807) is 17.1 Å². The predicted molar refractivity (Wildman–Crippen MR) is 70.8 cm³/mol. The van der Waals surface area contributed by atoms with Crippen LogP contribution >= 0.6 is 0 Å². The number of nitrogens with one attached hydrogen (secondary N) is 1. The first-order chi connectivity index (χ1) is 8.74. The maximum Gasteiger partial charge on any atom is 0.220 e. The van der Waals surface area contributed by atoms with Gasteiger partial charge in [0, 0.05) is 19.2 Å². The standard InChI is InChI=1S/C13H22N4O/c14-12-9-16-17(10-12)7-6-15-13(18)8-11-4-2-1-3-5-11/h9-11H,1-8,14H2,(H,15,18). The van der Waals surface area contributed by atoms with Gasteiger partial charge in [-0.1, -0.05) is 19.3 Å². The normalized spacial score (nSPS) is 16.7. The largest absolute Gasteiger partial charge is 0.396 e. The number of rotatable bonds is 5. The fourth-order valence-electron chi connectivity index (χ4n) is 2.54. The molecular formula is C13H22N4O. The molecule has 3 N–H and O–H groups in total. The first-order valence-corrected chi connectivity index (χ1v) is 6.78. The quantitative estimate of drug-likeness (QED) is 0.832. The lowest BCUT2D eigenvalue weighted by molar-refractivity contribution is -0.122. The monoisotopic (exact) mass is 250 g/mol. The number of carbonyl (C=O) groups is 1. The summed E-state index contributed by atoms with van der Waals surface area (Å²) >= 11 is 0. The van der Waals surface area contributed by atoms with Crippen molar-refractivity contribution in [3.63, 3.8) is 0 Å². The number of nitrogen functional groups attached to an aromatic ring is 1. The average molecular weight is 250 g/mol. The van der Waals surface area contributed by atoms with Crippen molar-refractivity contribution in [2.24, 2.45) is 5.92 Å². The van der Waals surface area contributed by atoms with Gasteiger partial charge in [0.1, 0.15) is 0 Å². The Balaban J connectivity index is 1.62. The summed E-state index contributed by atoms with van der Waals surface area (Å²) in [6.07, 6.45) is 10.4. The van der Waals surface area contributed by atoms with Gasteiger partial charge in [-0.2, -0.15) is 5.10 Å². The Morgan fingerprint density at radius 2 is 2.22 bits per heavy atom. The van der Waals surface area contributed by atoms with Gasteiger partial charge < -0.3 is 11.1 Å². The van der Waals surface area contributed by atoms with Gasteiger partial charge in [0.15, 0.2) is 0 Å². The van der Waals surface area contributed by atoms with Crippen molar-refractivity contribution in [3.8, 4) is 0 Å². The molecule has 0 radical (unpaired) electrons. The summed E-state index contributed by atoms with van der Waals surface area (Å²) < 4.78 is 1.75. The molecule has 1 aliphatic carbocycles. The smallest absolute Gasteiger partial charge is 0.220 e. The van der Waals surface area contributed by atoms with Crippen LogP contribution in [0.1, 0.15) is 38.5 Å². The van der Waals surface area contributed by atoms with E-state index in [9.17, 15) is 4.79 Å². The number of amides is 1. The molecule has 1 aliphatic rings. The minimum Gasteiger partial charge on any atom is -0.396 e. The molecule has 0 atom stereocenters. The van der Waals surface area contributed by atoms with Gasteiger partial charge in [0.2, 0.25) is 5.91 Å². The molecule has 0 spiro atoms. The van der Waals surface area contributed by atoms with Gasteiger partial charge in [-0.15, -0.1) is 0 Å². The van der Waals surface area contributed by atoms with E-state index in [0.717, 1.165) is 0 Å². The molecule has 1 amide bonds. The molecule has 1 fully saturated rings. The number of hydrogen-bond acceptors (Lipinski definition) is 3. The molecule has 0 saturated heterocycles. The zero-order valence-corrected chi connectivity index (χ0v) is 10.8. The number of anilines is 1. The molecule has 5 nitrogen and oxygen atoms in total. The molecule has 0 unspecified atom stereocenters. The first kappa shape index (κ1) is 12.9. The summed E-state index contributed by atoms with van der Waals surface area (Å²) in [7, 11) is 0. The molecule has 1 aromatic heterocycles.